The molecule has 1 aromatic heterocycles. The summed E-state index contributed by atoms with van der Waals surface area (Å²) in [6, 6.07) is 8.96. The number of nitrogens with zero attached hydrogens (tertiary/aromatic N) is 1. The van der Waals surface area contributed by atoms with E-state index < -0.39 is 0 Å². The van der Waals surface area contributed by atoms with Crippen molar-refractivity contribution in [3.63, 3.8) is 0 Å². The average Bonchev–Trinajstić information content (AvgIpc) is 2.24. The largest absolute Gasteiger partial charge is 0.384 e. The molecule has 0 aliphatic carbocycles. The van der Waals surface area contributed by atoms with E-state index in [9.17, 15) is 4.39 Å². The second-order valence-electron chi connectivity index (χ2n) is 3.85. The molecule has 0 saturated carbocycles. The molecule has 1 heterocycles. The lowest BCUT2D eigenvalue weighted by molar-refractivity contribution is 0.616. The molecule has 0 spiro atoms. The molecule has 2 N–H and O–H groups in total. The Morgan fingerprint density at radius 2 is 1.94 bits per heavy atom. The number of nitrogen functional groups attached to an aromatic ring is 1. The molecule has 0 unspecified atom stereocenters. The van der Waals surface area contributed by atoms with Crippen LogP contribution in [0.15, 0.2) is 36.5 Å². The second-order valence-corrected chi connectivity index (χ2v) is 3.85. The van der Waals surface area contributed by atoms with Gasteiger partial charge in [-0.25, -0.2) is 9.37 Å². The number of rotatable bonds is 2. The van der Waals surface area contributed by atoms with Crippen molar-refractivity contribution >= 4 is 5.82 Å². The van der Waals surface area contributed by atoms with Crippen molar-refractivity contribution in [2.24, 2.45) is 0 Å². The molecule has 0 aliphatic heterocycles. The zero-order chi connectivity index (χ0) is 11.5. The number of hydrogen-bond donors (Lipinski definition) is 1. The number of anilines is 1. The molecule has 0 saturated heterocycles. The molecule has 0 bridgehead atoms. The molecule has 2 nitrogen and oxygen atoms in total. The van der Waals surface area contributed by atoms with Gasteiger partial charge in [0.05, 0.1) is 0 Å². The van der Waals surface area contributed by atoms with E-state index in [-0.39, 0.29) is 5.82 Å². The van der Waals surface area contributed by atoms with Gasteiger partial charge in [-0.1, -0.05) is 12.1 Å². The quantitative estimate of drug-likeness (QED) is 0.838. The Hall–Kier alpha value is -1.90. The maximum absolute atomic E-state index is 13.3. The van der Waals surface area contributed by atoms with Gasteiger partial charge in [0, 0.05) is 6.20 Å². The first-order chi connectivity index (χ1) is 7.65. The van der Waals surface area contributed by atoms with Crippen molar-refractivity contribution in [2.45, 2.75) is 13.3 Å². The molecule has 2 rings (SSSR count). The minimum absolute atomic E-state index is 0.167. The fourth-order valence-electron chi connectivity index (χ4n) is 1.59. The standard InChI is InChI=1S/C13H13FN2/c1-9-2-3-10(7-12(9)14)6-11-4-5-16-13(15)8-11/h2-5,7-8H,6H2,1H3,(H2,15,16). The Morgan fingerprint density at radius 3 is 2.62 bits per heavy atom. The maximum Gasteiger partial charge on any atom is 0.126 e. The smallest absolute Gasteiger partial charge is 0.126 e. The Balaban J connectivity index is 2.24. The molecule has 0 atom stereocenters. The fourth-order valence-corrected chi connectivity index (χ4v) is 1.59. The first-order valence-corrected chi connectivity index (χ1v) is 5.10. The monoisotopic (exact) mass is 216 g/mol. The molecule has 0 amide bonds. The van der Waals surface area contributed by atoms with Gasteiger partial charge in [0.25, 0.3) is 0 Å². The van der Waals surface area contributed by atoms with Crippen LogP contribution in [0.4, 0.5) is 10.2 Å². The Labute approximate surface area is 93.9 Å². The molecular formula is C13H13FN2. The third-order valence-corrected chi connectivity index (χ3v) is 2.49. The van der Waals surface area contributed by atoms with Crippen LogP contribution in [0.1, 0.15) is 16.7 Å². The number of pyridine rings is 1. The van der Waals surface area contributed by atoms with Gasteiger partial charge < -0.3 is 5.73 Å². The minimum atomic E-state index is -0.167. The van der Waals surface area contributed by atoms with Crippen molar-refractivity contribution < 1.29 is 4.39 Å². The highest BCUT2D eigenvalue weighted by Gasteiger charge is 2.01. The molecule has 1 aromatic carbocycles. The zero-order valence-corrected chi connectivity index (χ0v) is 9.07. The summed E-state index contributed by atoms with van der Waals surface area (Å²) in [7, 11) is 0. The van der Waals surface area contributed by atoms with Crippen molar-refractivity contribution in [1.82, 2.24) is 4.98 Å². The van der Waals surface area contributed by atoms with Crippen LogP contribution in [-0.4, -0.2) is 4.98 Å². The summed E-state index contributed by atoms with van der Waals surface area (Å²) in [6.07, 6.45) is 2.33. The topological polar surface area (TPSA) is 38.9 Å². The summed E-state index contributed by atoms with van der Waals surface area (Å²) in [5.41, 5.74) is 8.22. The Bertz CT molecular complexity index is 509. The Morgan fingerprint density at radius 1 is 1.19 bits per heavy atom. The van der Waals surface area contributed by atoms with Gasteiger partial charge in [-0.15, -0.1) is 0 Å². The highest BCUT2D eigenvalue weighted by molar-refractivity contribution is 5.35. The van der Waals surface area contributed by atoms with Gasteiger partial charge in [-0.2, -0.15) is 0 Å². The summed E-state index contributed by atoms with van der Waals surface area (Å²) in [6.45, 7) is 1.75. The van der Waals surface area contributed by atoms with Crippen LogP contribution in [0.2, 0.25) is 0 Å². The van der Waals surface area contributed by atoms with Crippen LogP contribution in [0, 0.1) is 12.7 Å². The van der Waals surface area contributed by atoms with Crippen molar-refractivity contribution in [2.75, 3.05) is 5.73 Å². The molecule has 0 fully saturated rings. The fraction of sp³-hybridized carbons (Fsp3) is 0.154. The van der Waals surface area contributed by atoms with Crippen LogP contribution in [0.5, 0.6) is 0 Å². The van der Waals surface area contributed by atoms with E-state index in [1.165, 1.54) is 0 Å². The number of aryl methyl sites for hydroxylation is 1. The third kappa shape index (κ3) is 2.37. The third-order valence-electron chi connectivity index (χ3n) is 2.49. The van der Waals surface area contributed by atoms with E-state index in [0.29, 0.717) is 17.8 Å². The molecule has 0 aliphatic rings. The molecule has 16 heavy (non-hydrogen) atoms. The van der Waals surface area contributed by atoms with Crippen LogP contribution < -0.4 is 5.73 Å². The molecule has 2 aromatic rings. The summed E-state index contributed by atoms with van der Waals surface area (Å²) >= 11 is 0. The number of aromatic nitrogens is 1. The second kappa shape index (κ2) is 4.31. The number of benzene rings is 1. The van der Waals surface area contributed by atoms with Crippen LogP contribution in [0.25, 0.3) is 0 Å². The first kappa shape index (κ1) is 10.6. The molecule has 0 radical (unpaired) electrons. The first-order valence-electron chi connectivity index (χ1n) is 5.10. The Kier molecular flexibility index (Phi) is 2.86. The van der Waals surface area contributed by atoms with E-state index in [2.05, 4.69) is 4.98 Å². The predicted molar refractivity (Wildman–Crippen MR) is 62.6 cm³/mol. The highest BCUT2D eigenvalue weighted by Crippen LogP contribution is 2.14. The molecular weight excluding hydrogens is 203 g/mol. The van der Waals surface area contributed by atoms with Gasteiger partial charge in [-0.3, -0.25) is 0 Å². The average molecular weight is 216 g/mol. The van der Waals surface area contributed by atoms with Crippen molar-refractivity contribution in [3.8, 4) is 0 Å². The maximum atomic E-state index is 13.3. The van der Waals surface area contributed by atoms with Gasteiger partial charge >= 0.3 is 0 Å². The summed E-state index contributed by atoms with van der Waals surface area (Å²) < 4.78 is 13.3. The number of halogens is 1. The van der Waals surface area contributed by atoms with Crippen LogP contribution in [-0.2, 0) is 6.42 Å². The summed E-state index contributed by atoms with van der Waals surface area (Å²) in [5, 5.41) is 0. The summed E-state index contributed by atoms with van der Waals surface area (Å²) in [5.74, 6) is 0.324. The number of nitrogens with two attached hydrogens (primary N) is 1. The van der Waals surface area contributed by atoms with Crippen molar-refractivity contribution in [1.29, 1.82) is 0 Å². The van der Waals surface area contributed by atoms with E-state index >= 15 is 0 Å². The lowest BCUT2D eigenvalue weighted by Crippen LogP contribution is -1.94. The predicted octanol–water partition coefficient (Wildman–Crippen LogP) is 2.70. The normalized spacial score (nSPS) is 10.4. The zero-order valence-electron chi connectivity index (χ0n) is 9.07. The van der Waals surface area contributed by atoms with E-state index in [1.807, 2.05) is 12.1 Å². The van der Waals surface area contributed by atoms with Crippen LogP contribution in [0.3, 0.4) is 0 Å². The summed E-state index contributed by atoms with van der Waals surface area (Å²) in [4.78, 5) is 3.92. The molecule has 82 valence electrons. The van der Waals surface area contributed by atoms with Gasteiger partial charge in [0.1, 0.15) is 11.6 Å². The van der Waals surface area contributed by atoms with E-state index in [4.69, 9.17) is 5.73 Å². The molecule has 3 heteroatoms. The lowest BCUT2D eigenvalue weighted by atomic mass is 10.0. The van der Waals surface area contributed by atoms with E-state index in [0.717, 1.165) is 11.1 Å². The SMILES string of the molecule is Cc1ccc(Cc2ccnc(N)c2)cc1F. The van der Waals surface area contributed by atoms with Gasteiger partial charge in [0.15, 0.2) is 0 Å². The van der Waals surface area contributed by atoms with Gasteiger partial charge in [0.2, 0.25) is 0 Å². The van der Waals surface area contributed by atoms with E-state index in [1.54, 1.807) is 31.3 Å². The highest BCUT2D eigenvalue weighted by atomic mass is 19.1. The van der Waals surface area contributed by atoms with Crippen LogP contribution >= 0.6 is 0 Å². The number of hydrogen-bond acceptors (Lipinski definition) is 2. The lowest BCUT2D eigenvalue weighted by Gasteiger charge is -2.04. The van der Waals surface area contributed by atoms with Crippen molar-refractivity contribution in [3.05, 3.63) is 59.0 Å². The minimum Gasteiger partial charge on any atom is -0.384 e. The van der Waals surface area contributed by atoms with Gasteiger partial charge in [-0.05, 0) is 48.2 Å².